The minimum absolute atomic E-state index is 0.0751. The van der Waals surface area contributed by atoms with Crippen molar-refractivity contribution in [3.63, 3.8) is 0 Å². The van der Waals surface area contributed by atoms with Gasteiger partial charge in [0.15, 0.2) is 0 Å². The summed E-state index contributed by atoms with van der Waals surface area (Å²) in [6, 6.07) is 2.02. The maximum absolute atomic E-state index is 9.13. The molecule has 0 bridgehead atoms. The van der Waals surface area contributed by atoms with Gasteiger partial charge in [0, 0.05) is 10.7 Å². The van der Waals surface area contributed by atoms with Crippen molar-refractivity contribution in [2.45, 2.75) is 19.9 Å². The molecule has 2 N–H and O–H groups in total. The first-order valence-corrected chi connectivity index (χ1v) is 5.40. The van der Waals surface area contributed by atoms with E-state index < -0.39 is 0 Å². The second kappa shape index (κ2) is 5.32. The van der Waals surface area contributed by atoms with Gasteiger partial charge < -0.3 is 10.4 Å². The molecular formula is C10H15BrN2O. The quantitative estimate of drug-likeness (QED) is 0.871. The van der Waals surface area contributed by atoms with Crippen LogP contribution in [0.4, 0.5) is 5.69 Å². The average Bonchev–Trinajstić information content (AvgIpc) is 2.14. The summed E-state index contributed by atoms with van der Waals surface area (Å²) in [7, 11) is 0. The van der Waals surface area contributed by atoms with E-state index in [1.165, 1.54) is 0 Å². The molecule has 0 aliphatic rings. The van der Waals surface area contributed by atoms with Gasteiger partial charge >= 0.3 is 0 Å². The number of rotatable bonds is 4. The second-order valence-corrected chi connectivity index (χ2v) is 4.48. The SMILES string of the molecule is CC(C)C(CO)Nc1cncc(Br)c1. The molecule has 1 aromatic heterocycles. The lowest BCUT2D eigenvalue weighted by Gasteiger charge is -2.20. The summed E-state index contributed by atoms with van der Waals surface area (Å²) in [6.07, 6.45) is 3.48. The molecule has 14 heavy (non-hydrogen) atoms. The second-order valence-electron chi connectivity index (χ2n) is 3.57. The van der Waals surface area contributed by atoms with Gasteiger partial charge in [0.2, 0.25) is 0 Å². The van der Waals surface area contributed by atoms with Crippen molar-refractivity contribution in [1.82, 2.24) is 4.98 Å². The summed E-state index contributed by atoms with van der Waals surface area (Å²) < 4.78 is 0.933. The fraction of sp³-hybridized carbons (Fsp3) is 0.500. The monoisotopic (exact) mass is 258 g/mol. The van der Waals surface area contributed by atoms with Gasteiger partial charge in [-0.15, -0.1) is 0 Å². The van der Waals surface area contributed by atoms with Gasteiger partial charge in [-0.05, 0) is 27.9 Å². The van der Waals surface area contributed by atoms with Gasteiger partial charge in [-0.1, -0.05) is 13.8 Å². The lowest BCUT2D eigenvalue weighted by molar-refractivity contribution is 0.249. The van der Waals surface area contributed by atoms with Gasteiger partial charge in [-0.3, -0.25) is 4.98 Å². The Balaban J connectivity index is 2.67. The number of nitrogens with one attached hydrogen (secondary N) is 1. The Labute approximate surface area is 92.7 Å². The van der Waals surface area contributed by atoms with E-state index in [1.807, 2.05) is 6.07 Å². The zero-order valence-electron chi connectivity index (χ0n) is 8.37. The summed E-state index contributed by atoms with van der Waals surface area (Å²) in [6.45, 7) is 4.27. The molecule has 3 nitrogen and oxygen atoms in total. The number of aliphatic hydroxyl groups excluding tert-OH is 1. The predicted molar refractivity (Wildman–Crippen MR) is 61.3 cm³/mol. The van der Waals surface area contributed by atoms with Crippen molar-refractivity contribution in [3.8, 4) is 0 Å². The Kier molecular flexibility index (Phi) is 4.35. The number of anilines is 1. The Hall–Kier alpha value is -0.610. The number of aliphatic hydroxyl groups is 1. The summed E-state index contributed by atoms with van der Waals surface area (Å²) in [5, 5.41) is 12.4. The van der Waals surface area contributed by atoms with E-state index >= 15 is 0 Å². The van der Waals surface area contributed by atoms with Gasteiger partial charge in [0.05, 0.1) is 24.5 Å². The van der Waals surface area contributed by atoms with Crippen molar-refractivity contribution in [1.29, 1.82) is 0 Å². The van der Waals surface area contributed by atoms with Crippen LogP contribution in [-0.2, 0) is 0 Å². The molecule has 1 aromatic rings. The van der Waals surface area contributed by atoms with Crippen molar-refractivity contribution < 1.29 is 5.11 Å². The van der Waals surface area contributed by atoms with Crippen molar-refractivity contribution >= 4 is 21.6 Å². The standard InChI is InChI=1S/C10H15BrN2O/c1-7(2)10(6-14)13-9-3-8(11)4-12-5-9/h3-5,7,10,13-14H,6H2,1-2H3. The van der Waals surface area contributed by atoms with Crippen LogP contribution in [0.5, 0.6) is 0 Å². The highest BCUT2D eigenvalue weighted by atomic mass is 79.9. The topological polar surface area (TPSA) is 45.1 Å². The zero-order valence-corrected chi connectivity index (χ0v) is 9.95. The van der Waals surface area contributed by atoms with Gasteiger partial charge in [0.1, 0.15) is 0 Å². The van der Waals surface area contributed by atoms with Crippen molar-refractivity contribution in [2.75, 3.05) is 11.9 Å². The van der Waals surface area contributed by atoms with Crippen LogP contribution in [0.25, 0.3) is 0 Å². The van der Waals surface area contributed by atoms with Crippen LogP contribution in [0.3, 0.4) is 0 Å². The molecule has 0 fully saturated rings. The highest BCUT2D eigenvalue weighted by Crippen LogP contribution is 2.16. The van der Waals surface area contributed by atoms with E-state index in [-0.39, 0.29) is 12.6 Å². The average molecular weight is 259 g/mol. The molecule has 0 radical (unpaired) electrons. The lowest BCUT2D eigenvalue weighted by Crippen LogP contribution is -2.29. The Morgan fingerprint density at radius 3 is 2.71 bits per heavy atom. The van der Waals surface area contributed by atoms with Crippen LogP contribution >= 0.6 is 15.9 Å². The first-order valence-electron chi connectivity index (χ1n) is 4.61. The smallest absolute Gasteiger partial charge is 0.0635 e. The Morgan fingerprint density at radius 1 is 1.50 bits per heavy atom. The van der Waals surface area contributed by atoms with E-state index in [1.54, 1.807) is 12.4 Å². The molecule has 0 aliphatic heterocycles. The molecule has 1 heterocycles. The van der Waals surface area contributed by atoms with Crippen LogP contribution in [0.1, 0.15) is 13.8 Å². The number of pyridine rings is 1. The van der Waals surface area contributed by atoms with Crippen molar-refractivity contribution in [3.05, 3.63) is 22.9 Å². The molecule has 0 saturated carbocycles. The molecule has 1 unspecified atom stereocenters. The normalized spacial score (nSPS) is 12.9. The third kappa shape index (κ3) is 3.27. The largest absolute Gasteiger partial charge is 0.394 e. The molecule has 1 atom stereocenters. The number of nitrogens with zero attached hydrogens (tertiary/aromatic N) is 1. The number of hydrogen-bond donors (Lipinski definition) is 2. The maximum Gasteiger partial charge on any atom is 0.0635 e. The van der Waals surface area contributed by atoms with Gasteiger partial charge in [0.25, 0.3) is 0 Å². The number of halogens is 1. The summed E-state index contributed by atoms with van der Waals surface area (Å²) >= 11 is 3.35. The third-order valence-electron chi connectivity index (χ3n) is 2.06. The molecule has 1 rings (SSSR count). The molecule has 0 aliphatic carbocycles. The van der Waals surface area contributed by atoms with Crippen LogP contribution in [-0.4, -0.2) is 22.7 Å². The number of hydrogen-bond acceptors (Lipinski definition) is 3. The van der Waals surface area contributed by atoms with E-state index in [0.29, 0.717) is 5.92 Å². The van der Waals surface area contributed by atoms with Crippen LogP contribution in [0.15, 0.2) is 22.9 Å². The molecule has 0 aromatic carbocycles. The summed E-state index contributed by atoms with van der Waals surface area (Å²) in [5.41, 5.74) is 0.923. The van der Waals surface area contributed by atoms with Crippen molar-refractivity contribution in [2.24, 2.45) is 5.92 Å². The van der Waals surface area contributed by atoms with E-state index in [4.69, 9.17) is 5.11 Å². The fourth-order valence-corrected chi connectivity index (χ4v) is 1.49. The summed E-state index contributed by atoms with van der Waals surface area (Å²) in [4.78, 5) is 4.04. The van der Waals surface area contributed by atoms with Crippen LogP contribution in [0.2, 0.25) is 0 Å². The highest BCUT2D eigenvalue weighted by molar-refractivity contribution is 9.10. The molecular weight excluding hydrogens is 244 g/mol. The maximum atomic E-state index is 9.13. The minimum Gasteiger partial charge on any atom is -0.394 e. The van der Waals surface area contributed by atoms with Crippen LogP contribution < -0.4 is 5.32 Å². The minimum atomic E-state index is 0.0751. The zero-order chi connectivity index (χ0) is 10.6. The molecule has 0 saturated heterocycles. The van der Waals surface area contributed by atoms with E-state index in [9.17, 15) is 0 Å². The Bertz CT molecular complexity index is 291. The highest BCUT2D eigenvalue weighted by Gasteiger charge is 2.11. The predicted octanol–water partition coefficient (Wildman–Crippen LogP) is 2.27. The van der Waals surface area contributed by atoms with Gasteiger partial charge in [-0.25, -0.2) is 0 Å². The molecule has 4 heteroatoms. The summed E-state index contributed by atoms with van der Waals surface area (Å²) in [5.74, 6) is 0.388. The molecule has 0 spiro atoms. The van der Waals surface area contributed by atoms with Crippen LogP contribution in [0, 0.1) is 5.92 Å². The van der Waals surface area contributed by atoms with E-state index in [2.05, 4.69) is 40.1 Å². The Morgan fingerprint density at radius 2 is 2.21 bits per heavy atom. The van der Waals surface area contributed by atoms with Gasteiger partial charge in [-0.2, -0.15) is 0 Å². The molecule has 78 valence electrons. The first kappa shape index (κ1) is 11.5. The lowest BCUT2D eigenvalue weighted by atomic mass is 10.1. The fourth-order valence-electron chi connectivity index (χ4n) is 1.13. The van der Waals surface area contributed by atoms with E-state index in [0.717, 1.165) is 10.2 Å². The third-order valence-corrected chi connectivity index (χ3v) is 2.49. The number of aromatic nitrogens is 1. The first-order chi connectivity index (χ1) is 6.63. The molecule has 0 amide bonds.